The van der Waals surface area contributed by atoms with Crippen molar-refractivity contribution < 1.29 is 4.39 Å². The zero-order valence-electron chi connectivity index (χ0n) is 17.5. The Hall–Kier alpha value is -3.41. The van der Waals surface area contributed by atoms with Gasteiger partial charge in [0.15, 0.2) is 0 Å². The summed E-state index contributed by atoms with van der Waals surface area (Å²) in [5.74, 6) is -0.405. The topological polar surface area (TPSA) is 60.5 Å². The zero-order chi connectivity index (χ0) is 22.3. The van der Waals surface area contributed by atoms with Crippen LogP contribution in [0.5, 0.6) is 0 Å². The van der Waals surface area contributed by atoms with Gasteiger partial charge < -0.3 is 0 Å². The van der Waals surface area contributed by atoms with Crippen molar-refractivity contribution in [1.82, 2.24) is 4.98 Å². The molecule has 3 aromatic rings. The summed E-state index contributed by atoms with van der Waals surface area (Å²) in [6, 6.07) is 22.3. The molecule has 0 amide bonds. The number of nitriles is 2. The second-order valence-electron chi connectivity index (χ2n) is 7.63. The lowest BCUT2D eigenvalue weighted by Crippen LogP contribution is -2.13. The summed E-state index contributed by atoms with van der Waals surface area (Å²) in [5, 5.41) is 19.9. The van der Waals surface area contributed by atoms with Crippen LogP contribution >= 0.6 is 11.8 Å². The minimum absolute atomic E-state index is 0.213. The summed E-state index contributed by atoms with van der Waals surface area (Å²) >= 11 is 1.54. The predicted molar refractivity (Wildman–Crippen MR) is 124 cm³/mol. The maximum atomic E-state index is 15.6. The molecule has 31 heavy (non-hydrogen) atoms. The molecule has 0 bridgehead atoms. The first-order chi connectivity index (χ1) is 14.9. The molecule has 0 aliphatic rings. The van der Waals surface area contributed by atoms with Crippen LogP contribution in [0.25, 0.3) is 21.9 Å². The van der Waals surface area contributed by atoms with E-state index in [1.165, 1.54) is 24.0 Å². The van der Waals surface area contributed by atoms with E-state index in [0.29, 0.717) is 29.5 Å². The van der Waals surface area contributed by atoms with Crippen LogP contribution in [-0.2, 0) is 0 Å². The van der Waals surface area contributed by atoms with Crippen molar-refractivity contribution in [2.75, 3.05) is 0 Å². The van der Waals surface area contributed by atoms with Crippen LogP contribution in [0.4, 0.5) is 4.39 Å². The summed E-state index contributed by atoms with van der Waals surface area (Å²) in [7, 11) is 0. The Balaban J connectivity index is 2.20. The number of benzene rings is 2. The van der Waals surface area contributed by atoms with Crippen molar-refractivity contribution >= 4 is 22.5 Å². The number of nitrogens with zero attached hydrogens (tertiary/aromatic N) is 3. The molecular weight excluding hydrogens is 405 g/mol. The van der Waals surface area contributed by atoms with Crippen LogP contribution in [0.1, 0.15) is 32.3 Å². The van der Waals surface area contributed by atoms with Gasteiger partial charge in [0, 0.05) is 39.4 Å². The average Bonchev–Trinajstić information content (AvgIpc) is 2.76. The molecule has 0 fully saturated rings. The fourth-order valence-corrected chi connectivity index (χ4v) is 4.45. The quantitative estimate of drug-likeness (QED) is 0.404. The number of hydrogen-bond donors (Lipinski definition) is 0. The van der Waals surface area contributed by atoms with Crippen LogP contribution in [0.3, 0.4) is 0 Å². The lowest BCUT2D eigenvalue weighted by atomic mass is 9.96. The Kier molecular flexibility index (Phi) is 7.23. The van der Waals surface area contributed by atoms with Gasteiger partial charge in [-0.05, 0) is 41.6 Å². The third-order valence-corrected chi connectivity index (χ3v) is 6.09. The average molecular weight is 428 g/mol. The second kappa shape index (κ2) is 10.1. The highest BCUT2D eigenvalue weighted by Crippen LogP contribution is 2.37. The van der Waals surface area contributed by atoms with E-state index in [4.69, 9.17) is 5.26 Å². The van der Waals surface area contributed by atoms with E-state index in [1.54, 1.807) is 24.4 Å². The third-order valence-electron chi connectivity index (χ3n) is 4.84. The molecule has 0 atom stereocenters. The van der Waals surface area contributed by atoms with Crippen LogP contribution in [-0.4, -0.2) is 9.73 Å². The zero-order valence-corrected chi connectivity index (χ0v) is 18.3. The number of rotatable bonds is 5. The highest BCUT2D eigenvalue weighted by Gasteiger charge is 2.19. The summed E-state index contributed by atoms with van der Waals surface area (Å²) in [5.41, 5.74) is 1.58. The molecule has 1 heterocycles. The standard InChI is InChI=1S/C26H22FN3S/c1-26(2,13-7-14-28)31-20-8-5-6-15-30-18-24(25(27)16-20)23-12-11-19(17-29)21-9-3-4-10-22(21)23/h3-6,8-12,15-16,18H,7,13H2,1-2H3. The van der Waals surface area contributed by atoms with Gasteiger partial charge in [-0.2, -0.15) is 10.5 Å². The fourth-order valence-electron chi connectivity index (χ4n) is 3.30. The maximum absolute atomic E-state index is 15.6. The van der Waals surface area contributed by atoms with E-state index in [1.807, 2.05) is 36.4 Å². The SMILES string of the molecule is CC(C)(CCC#N)Sc1ccccncc(-c2ccc(C#N)c3ccccc23)c(F)c1. The molecule has 0 aliphatic carbocycles. The van der Waals surface area contributed by atoms with E-state index in [9.17, 15) is 5.26 Å². The number of aromatic nitrogens is 1. The van der Waals surface area contributed by atoms with Crippen molar-refractivity contribution in [3.05, 3.63) is 84.4 Å². The van der Waals surface area contributed by atoms with E-state index in [0.717, 1.165) is 15.7 Å². The first-order valence-electron chi connectivity index (χ1n) is 9.91. The van der Waals surface area contributed by atoms with Gasteiger partial charge >= 0.3 is 0 Å². The van der Waals surface area contributed by atoms with Gasteiger partial charge in [-0.15, -0.1) is 11.8 Å². The molecule has 0 N–H and O–H groups in total. The molecule has 0 saturated carbocycles. The van der Waals surface area contributed by atoms with E-state index in [2.05, 4.69) is 31.0 Å². The predicted octanol–water partition coefficient (Wildman–Crippen LogP) is 7.21. The van der Waals surface area contributed by atoms with Gasteiger partial charge in [0.2, 0.25) is 0 Å². The molecule has 2 aromatic carbocycles. The molecular formula is C26H22FN3S. The number of thioether (sulfide) groups is 1. The van der Waals surface area contributed by atoms with Gasteiger partial charge in [0.1, 0.15) is 5.82 Å². The normalized spacial score (nSPS) is 10.7. The molecule has 0 aliphatic heterocycles. The van der Waals surface area contributed by atoms with Gasteiger partial charge in [0.25, 0.3) is 0 Å². The van der Waals surface area contributed by atoms with Crippen LogP contribution in [0.15, 0.2) is 78.0 Å². The molecule has 5 heteroatoms. The Morgan fingerprint density at radius 3 is 2.45 bits per heavy atom. The number of halogens is 1. The van der Waals surface area contributed by atoms with Crippen molar-refractivity contribution in [2.45, 2.75) is 36.3 Å². The summed E-state index contributed by atoms with van der Waals surface area (Å²) in [4.78, 5) is 5.00. The Labute approximate surface area is 186 Å². The van der Waals surface area contributed by atoms with Crippen molar-refractivity contribution in [1.29, 1.82) is 10.5 Å². The minimum atomic E-state index is -0.405. The lowest BCUT2D eigenvalue weighted by Gasteiger charge is -2.22. The summed E-state index contributed by atoms with van der Waals surface area (Å²) in [6.07, 6.45) is 4.28. The molecule has 0 unspecified atom stereocenters. The fraction of sp³-hybridized carbons (Fsp3) is 0.192. The third kappa shape index (κ3) is 5.60. The highest BCUT2D eigenvalue weighted by atomic mass is 32.2. The van der Waals surface area contributed by atoms with Crippen LogP contribution < -0.4 is 0 Å². The van der Waals surface area contributed by atoms with Crippen LogP contribution in [0.2, 0.25) is 0 Å². The molecule has 0 spiro atoms. The molecule has 3 rings (SSSR count). The second-order valence-corrected chi connectivity index (χ2v) is 9.41. The first kappa shape index (κ1) is 22.3. The van der Waals surface area contributed by atoms with Crippen LogP contribution in [0, 0.1) is 28.5 Å². The smallest absolute Gasteiger partial charge is 0.133 e. The van der Waals surface area contributed by atoms with Crippen molar-refractivity contribution in [3.63, 3.8) is 0 Å². The van der Waals surface area contributed by atoms with Crippen molar-refractivity contribution in [2.24, 2.45) is 0 Å². The molecule has 0 saturated heterocycles. The summed E-state index contributed by atoms with van der Waals surface area (Å²) in [6.45, 7) is 4.10. The molecule has 1 aromatic heterocycles. The van der Waals surface area contributed by atoms with Gasteiger partial charge in [-0.25, -0.2) is 4.39 Å². The van der Waals surface area contributed by atoms with E-state index >= 15 is 4.39 Å². The number of hydrogen-bond acceptors (Lipinski definition) is 4. The molecule has 0 radical (unpaired) electrons. The van der Waals surface area contributed by atoms with E-state index in [-0.39, 0.29) is 4.75 Å². The Morgan fingerprint density at radius 2 is 1.71 bits per heavy atom. The Morgan fingerprint density at radius 1 is 0.968 bits per heavy atom. The highest BCUT2D eigenvalue weighted by molar-refractivity contribution is 8.00. The molecule has 154 valence electrons. The number of fused-ring (bicyclic) bond motifs is 1. The van der Waals surface area contributed by atoms with Gasteiger partial charge in [0.05, 0.1) is 17.7 Å². The maximum Gasteiger partial charge on any atom is 0.133 e. The van der Waals surface area contributed by atoms with Gasteiger partial charge in [-0.1, -0.05) is 50.2 Å². The monoisotopic (exact) mass is 427 g/mol. The largest absolute Gasteiger partial charge is 0.264 e. The van der Waals surface area contributed by atoms with Gasteiger partial charge in [-0.3, -0.25) is 4.98 Å². The first-order valence-corrected chi connectivity index (χ1v) is 10.7. The van der Waals surface area contributed by atoms with E-state index < -0.39 is 5.82 Å². The molecule has 3 nitrogen and oxygen atoms in total. The lowest BCUT2D eigenvalue weighted by molar-refractivity contribution is 0.627. The Bertz CT molecular complexity index is 1240. The minimum Gasteiger partial charge on any atom is -0.264 e. The summed E-state index contributed by atoms with van der Waals surface area (Å²) < 4.78 is 15.4. The van der Waals surface area contributed by atoms with Crippen molar-refractivity contribution in [3.8, 4) is 23.3 Å².